The maximum Gasteiger partial charge on any atom is 0.123 e. The van der Waals surface area contributed by atoms with E-state index < -0.39 is 0 Å². The lowest BCUT2D eigenvalue weighted by Gasteiger charge is -2.39. The average molecular weight is 289 g/mol. The minimum atomic E-state index is 0.177. The summed E-state index contributed by atoms with van der Waals surface area (Å²) < 4.78 is 11.6. The summed E-state index contributed by atoms with van der Waals surface area (Å²) in [5, 5.41) is 3.80. The Balaban J connectivity index is 1.65. The number of nitrogens with one attached hydrogen (secondary N) is 1. The molecule has 1 unspecified atom stereocenters. The van der Waals surface area contributed by atoms with E-state index in [2.05, 4.69) is 24.4 Å². The van der Waals surface area contributed by atoms with E-state index in [1.54, 1.807) is 7.11 Å². The molecule has 1 aromatic rings. The van der Waals surface area contributed by atoms with Crippen molar-refractivity contribution in [2.24, 2.45) is 0 Å². The van der Waals surface area contributed by atoms with Gasteiger partial charge in [0.05, 0.1) is 12.7 Å². The second kappa shape index (κ2) is 6.37. The van der Waals surface area contributed by atoms with Gasteiger partial charge in [0.2, 0.25) is 0 Å². The molecule has 116 valence electrons. The van der Waals surface area contributed by atoms with Gasteiger partial charge >= 0.3 is 0 Å². The average Bonchev–Trinajstić information content (AvgIpc) is 2.95. The Bertz CT molecular complexity index is 468. The number of hydrogen-bond donors (Lipinski definition) is 1. The van der Waals surface area contributed by atoms with Gasteiger partial charge in [0.15, 0.2) is 0 Å². The molecule has 1 heterocycles. The van der Waals surface area contributed by atoms with Crippen molar-refractivity contribution >= 4 is 0 Å². The normalized spacial score (nSPS) is 25.9. The van der Waals surface area contributed by atoms with Crippen LogP contribution in [0.4, 0.5) is 0 Å². The van der Waals surface area contributed by atoms with Crippen molar-refractivity contribution < 1.29 is 9.47 Å². The summed E-state index contributed by atoms with van der Waals surface area (Å²) >= 11 is 0. The second-order valence-electron chi connectivity index (χ2n) is 6.56. The Labute approximate surface area is 128 Å². The van der Waals surface area contributed by atoms with E-state index in [0.29, 0.717) is 12.1 Å². The van der Waals surface area contributed by atoms with Crippen molar-refractivity contribution in [1.82, 2.24) is 5.32 Å². The number of rotatable bonds is 4. The Kier molecular flexibility index (Phi) is 4.51. The van der Waals surface area contributed by atoms with Crippen LogP contribution in [0.2, 0.25) is 0 Å². The molecular weight excluding hydrogens is 262 g/mol. The van der Waals surface area contributed by atoms with Gasteiger partial charge in [-0.05, 0) is 38.7 Å². The Morgan fingerprint density at radius 2 is 2.05 bits per heavy atom. The monoisotopic (exact) mass is 289 g/mol. The van der Waals surface area contributed by atoms with Crippen LogP contribution in [0.3, 0.4) is 0 Å². The molecule has 3 heteroatoms. The van der Waals surface area contributed by atoms with Gasteiger partial charge in [0, 0.05) is 24.3 Å². The molecule has 1 saturated carbocycles. The summed E-state index contributed by atoms with van der Waals surface area (Å²) in [6, 6.07) is 9.16. The van der Waals surface area contributed by atoms with Gasteiger partial charge in [-0.15, -0.1) is 0 Å². The van der Waals surface area contributed by atoms with Crippen molar-refractivity contribution in [3.8, 4) is 5.75 Å². The largest absolute Gasteiger partial charge is 0.496 e. The number of benzene rings is 1. The molecule has 2 aliphatic rings. The van der Waals surface area contributed by atoms with Crippen molar-refractivity contribution in [1.29, 1.82) is 0 Å². The fraction of sp³-hybridized carbons (Fsp3) is 0.667. The van der Waals surface area contributed by atoms with E-state index in [1.165, 1.54) is 31.2 Å². The lowest BCUT2D eigenvalue weighted by molar-refractivity contribution is -0.0846. The van der Waals surface area contributed by atoms with Gasteiger partial charge in [0.25, 0.3) is 0 Å². The van der Waals surface area contributed by atoms with Crippen LogP contribution in [0.15, 0.2) is 24.3 Å². The zero-order valence-electron chi connectivity index (χ0n) is 13.2. The summed E-state index contributed by atoms with van der Waals surface area (Å²) in [5.74, 6) is 0.972. The molecule has 2 atom stereocenters. The van der Waals surface area contributed by atoms with Gasteiger partial charge < -0.3 is 14.8 Å². The molecule has 1 spiro atoms. The maximum atomic E-state index is 6.12. The first-order valence-corrected chi connectivity index (χ1v) is 8.25. The first kappa shape index (κ1) is 14.9. The standard InChI is InChI=1S/C18H27NO2/c1-14(16-7-3-4-8-17(16)20-2)19-15-9-12-21-18(13-15)10-5-6-11-18/h3-4,7-8,14-15,19H,5-6,9-13H2,1-2H3/t14-,15?/m1/s1. The van der Waals surface area contributed by atoms with Crippen molar-refractivity contribution in [3.63, 3.8) is 0 Å². The molecule has 0 bridgehead atoms. The lowest BCUT2D eigenvalue weighted by atomic mass is 9.88. The molecule has 1 aliphatic carbocycles. The Morgan fingerprint density at radius 1 is 1.29 bits per heavy atom. The molecule has 1 N–H and O–H groups in total. The minimum absolute atomic E-state index is 0.177. The van der Waals surface area contributed by atoms with E-state index in [4.69, 9.17) is 9.47 Å². The highest BCUT2D eigenvalue weighted by molar-refractivity contribution is 5.35. The smallest absolute Gasteiger partial charge is 0.123 e. The zero-order valence-corrected chi connectivity index (χ0v) is 13.2. The van der Waals surface area contributed by atoms with Crippen LogP contribution < -0.4 is 10.1 Å². The van der Waals surface area contributed by atoms with Gasteiger partial charge in [-0.25, -0.2) is 0 Å². The van der Waals surface area contributed by atoms with Crippen LogP contribution >= 0.6 is 0 Å². The predicted octanol–water partition coefficient (Wildman–Crippen LogP) is 3.84. The first-order chi connectivity index (χ1) is 10.2. The molecular formula is C18H27NO2. The molecule has 1 aliphatic heterocycles. The highest BCUT2D eigenvalue weighted by atomic mass is 16.5. The Hall–Kier alpha value is -1.06. The van der Waals surface area contributed by atoms with E-state index in [0.717, 1.165) is 25.2 Å². The zero-order chi connectivity index (χ0) is 14.7. The van der Waals surface area contributed by atoms with Crippen LogP contribution in [0.5, 0.6) is 5.75 Å². The molecule has 3 nitrogen and oxygen atoms in total. The van der Waals surface area contributed by atoms with Crippen LogP contribution in [0, 0.1) is 0 Å². The summed E-state index contributed by atoms with van der Waals surface area (Å²) in [6.45, 7) is 3.13. The molecule has 1 saturated heterocycles. The summed E-state index contributed by atoms with van der Waals surface area (Å²) in [7, 11) is 1.74. The fourth-order valence-corrected chi connectivity index (χ4v) is 4.01. The molecule has 3 rings (SSSR count). The minimum Gasteiger partial charge on any atom is -0.496 e. The third-order valence-electron chi connectivity index (χ3n) is 5.10. The van der Waals surface area contributed by atoms with Crippen molar-refractivity contribution in [2.75, 3.05) is 13.7 Å². The maximum absolute atomic E-state index is 6.12. The number of methoxy groups -OCH3 is 1. The molecule has 2 fully saturated rings. The third kappa shape index (κ3) is 3.24. The first-order valence-electron chi connectivity index (χ1n) is 8.25. The van der Waals surface area contributed by atoms with Crippen LogP contribution in [0.25, 0.3) is 0 Å². The van der Waals surface area contributed by atoms with E-state index in [-0.39, 0.29) is 5.60 Å². The third-order valence-corrected chi connectivity index (χ3v) is 5.10. The number of para-hydroxylation sites is 1. The fourth-order valence-electron chi connectivity index (χ4n) is 4.01. The van der Waals surface area contributed by atoms with Crippen LogP contribution in [-0.4, -0.2) is 25.4 Å². The highest BCUT2D eigenvalue weighted by Crippen LogP contribution is 2.40. The van der Waals surface area contributed by atoms with Gasteiger partial charge in [0.1, 0.15) is 5.75 Å². The SMILES string of the molecule is COc1ccccc1[C@@H](C)NC1CCOC2(CCCC2)C1. The molecule has 0 amide bonds. The topological polar surface area (TPSA) is 30.5 Å². The summed E-state index contributed by atoms with van der Waals surface area (Å²) in [5.41, 5.74) is 1.42. The number of hydrogen-bond acceptors (Lipinski definition) is 3. The van der Waals surface area contributed by atoms with Crippen molar-refractivity contribution in [3.05, 3.63) is 29.8 Å². The molecule has 0 radical (unpaired) electrons. The lowest BCUT2D eigenvalue weighted by Crippen LogP contribution is -2.46. The van der Waals surface area contributed by atoms with E-state index in [9.17, 15) is 0 Å². The summed E-state index contributed by atoms with van der Waals surface area (Å²) in [6.07, 6.45) is 7.42. The Morgan fingerprint density at radius 3 is 2.81 bits per heavy atom. The van der Waals surface area contributed by atoms with E-state index >= 15 is 0 Å². The molecule has 1 aromatic carbocycles. The van der Waals surface area contributed by atoms with E-state index in [1.807, 2.05) is 12.1 Å². The predicted molar refractivity (Wildman–Crippen MR) is 84.7 cm³/mol. The van der Waals surface area contributed by atoms with Gasteiger partial charge in [-0.3, -0.25) is 0 Å². The van der Waals surface area contributed by atoms with Crippen molar-refractivity contribution in [2.45, 2.75) is 63.1 Å². The van der Waals surface area contributed by atoms with Gasteiger partial charge in [-0.1, -0.05) is 31.0 Å². The quantitative estimate of drug-likeness (QED) is 0.913. The summed E-state index contributed by atoms with van der Waals surface area (Å²) in [4.78, 5) is 0. The molecule has 0 aromatic heterocycles. The van der Waals surface area contributed by atoms with Crippen LogP contribution in [0.1, 0.15) is 57.1 Å². The second-order valence-corrected chi connectivity index (χ2v) is 6.56. The highest BCUT2D eigenvalue weighted by Gasteiger charge is 2.40. The van der Waals surface area contributed by atoms with Gasteiger partial charge in [-0.2, -0.15) is 0 Å². The van der Waals surface area contributed by atoms with Crippen LogP contribution in [-0.2, 0) is 4.74 Å². The molecule has 21 heavy (non-hydrogen) atoms. The number of ether oxygens (including phenoxy) is 2.